The van der Waals surface area contributed by atoms with E-state index in [1.54, 1.807) is 6.92 Å². The normalized spacial score (nSPS) is 49.1. The smallest absolute Gasteiger partial charge is 0.310 e. The van der Waals surface area contributed by atoms with Crippen molar-refractivity contribution in [1.29, 1.82) is 0 Å². The van der Waals surface area contributed by atoms with Crippen molar-refractivity contribution in [3.8, 4) is 0 Å². The zero-order chi connectivity index (χ0) is 5.49. The first-order valence-corrected chi connectivity index (χ1v) is 3.50. The van der Waals surface area contributed by atoms with Gasteiger partial charge in [0.25, 0.3) is 0 Å². The molecule has 1 rings (SSSR count). The quantitative estimate of drug-likeness (QED) is 0.403. The molecule has 1 aliphatic rings. The van der Waals surface area contributed by atoms with Crippen LogP contribution in [0.4, 0.5) is 0 Å². The summed E-state index contributed by atoms with van der Waals surface area (Å²) in [5, 5.41) is 0. The van der Waals surface area contributed by atoms with E-state index in [1.165, 1.54) is 0 Å². The zero-order valence-corrected chi connectivity index (χ0v) is 4.76. The number of hydrogen-bond acceptors (Lipinski definition) is 2. The first-order chi connectivity index (χ1) is 3.17. The van der Waals surface area contributed by atoms with Crippen molar-refractivity contribution in [3.05, 3.63) is 0 Å². The van der Waals surface area contributed by atoms with E-state index in [4.69, 9.17) is 4.89 Å². The molecular weight excluding hydrogens is 117 g/mol. The van der Waals surface area contributed by atoms with Crippen LogP contribution in [0.15, 0.2) is 0 Å². The average molecular weight is 123 g/mol. The second-order valence-corrected chi connectivity index (χ2v) is 2.83. The van der Waals surface area contributed by atoms with E-state index >= 15 is 0 Å². The summed E-state index contributed by atoms with van der Waals surface area (Å²) in [7, 11) is -3.17. The number of hydrogen-bond donors (Lipinski definition) is 1. The molecule has 4 nitrogen and oxygen atoms in total. The molecular formula is C2H6NO3P. The highest BCUT2D eigenvalue weighted by molar-refractivity contribution is 7.55. The Morgan fingerprint density at radius 3 is 2.43 bits per heavy atom. The van der Waals surface area contributed by atoms with Crippen LogP contribution in [0.5, 0.6) is 0 Å². The van der Waals surface area contributed by atoms with Crippen molar-refractivity contribution >= 4 is 7.75 Å². The fourth-order valence-electron chi connectivity index (χ4n) is 0.343. The maximum absolute atomic E-state index is 10.1. The van der Waals surface area contributed by atoms with Crippen molar-refractivity contribution in [2.24, 2.45) is 0 Å². The third-order valence-corrected chi connectivity index (χ3v) is 1.93. The maximum Gasteiger partial charge on any atom is 0.446 e. The fraction of sp³-hybridized carbons (Fsp3) is 1.00. The predicted molar refractivity (Wildman–Crippen MR) is 23.3 cm³/mol. The van der Waals surface area contributed by atoms with Crippen LogP contribution in [0.1, 0.15) is 6.92 Å². The van der Waals surface area contributed by atoms with E-state index in [0.29, 0.717) is 6.54 Å². The van der Waals surface area contributed by atoms with Crippen molar-refractivity contribution in [3.63, 3.8) is 0 Å². The lowest BCUT2D eigenvalue weighted by atomic mass is 10.8. The highest BCUT2D eigenvalue weighted by Crippen LogP contribution is 2.63. The van der Waals surface area contributed by atoms with Crippen LogP contribution in [0, 0.1) is 0 Å². The molecule has 0 aromatic heterocycles. The lowest BCUT2D eigenvalue weighted by molar-refractivity contribution is 0.212. The Hall–Kier alpha value is 0.110. The van der Waals surface area contributed by atoms with Crippen LogP contribution < -0.4 is 0 Å². The van der Waals surface area contributed by atoms with E-state index in [0.717, 1.165) is 4.83 Å². The molecule has 0 saturated carbocycles. The molecule has 0 aliphatic carbocycles. The number of nitrogens with zero attached hydrogens (tertiary/aromatic N) is 1. The Bertz CT molecular complexity index is 124. The van der Waals surface area contributed by atoms with Gasteiger partial charge in [-0.05, 0) is 6.92 Å². The SMILES string of the molecule is CCN1OP1(=O)O. The van der Waals surface area contributed by atoms with Gasteiger partial charge in [0.15, 0.2) is 0 Å². The van der Waals surface area contributed by atoms with E-state index in [1.807, 2.05) is 0 Å². The minimum absolute atomic E-state index is 0.480. The summed E-state index contributed by atoms with van der Waals surface area (Å²) < 4.78 is 14.3. The number of rotatable bonds is 1. The summed E-state index contributed by atoms with van der Waals surface area (Å²) >= 11 is 0. The summed E-state index contributed by atoms with van der Waals surface area (Å²) in [5.74, 6) is 0. The van der Waals surface area contributed by atoms with Gasteiger partial charge in [-0.1, -0.05) is 4.83 Å². The minimum atomic E-state index is -3.17. The Balaban J connectivity index is 2.45. The minimum Gasteiger partial charge on any atom is -0.310 e. The molecule has 1 aliphatic heterocycles. The summed E-state index contributed by atoms with van der Waals surface area (Å²) in [6.07, 6.45) is 0. The van der Waals surface area contributed by atoms with Gasteiger partial charge in [-0.25, -0.2) is 4.57 Å². The molecule has 0 aromatic rings. The van der Waals surface area contributed by atoms with Gasteiger partial charge in [0.1, 0.15) is 0 Å². The van der Waals surface area contributed by atoms with Gasteiger partial charge in [0.05, 0.1) is 0 Å². The topological polar surface area (TPSA) is 52.8 Å². The molecule has 0 bridgehead atoms. The maximum atomic E-state index is 10.1. The van der Waals surface area contributed by atoms with Gasteiger partial charge < -0.3 is 4.89 Å². The van der Waals surface area contributed by atoms with E-state index in [2.05, 4.69) is 4.62 Å². The molecule has 7 heavy (non-hydrogen) atoms. The highest BCUT2D eigenvalue weighted by atomic mass is 31.2. The molecule has 1 heterocycles. The third kappa shape index (κ3) is 0.836. The molecule has 1 fully saturated rings. The standard InChI is InChI=1S/C2H6NO3P/c1-2-3-6-7(3,4)5/h2H2,1H3,(H,4,5). The Labute approximate surface area is 41.2 Å². The van der Waals surface area contributed by atoms with Gasteiger partial charge in [-0.3, -0.25) is 0 Å². The summed E-state index contributed by atoms with van der Waals surface area (Å²) in [6, 6.07) is 0. The molecule has 0 radical (unpaired) electrons. The molecule has 2 atom stereocenters. The first kappa shape index (κ1) is 5.25. The second-order valence-electron chi connectivity index (χ2n) is 1.24. The van der Waals surface area contributed by atoms with Gasteiger partial charge in [0, 0.05) is 6.54 Å². The van der Waals surface area contributed by atoms with Gasteiger partial charge in [-0.15, -0.1) is 0 Å². The van der Waals surface area contributed by atoms with Crippen molar-refractivity contribution in [2.45, 2.75) is 6.92 Å². The summed E-state index contributed by atoms with van der Waals surface area (Å²) in [4.78, 5) is 9.40. The molecule has 1 N–H and O–H groups in total. The van der Waals surface area contributed by atoms with E-state index < -0.39 is 7.75 Å². The highest BCUT2D eigenvalue weighted by Gasteiger charge is 2.48. The molecule has 5 heteroatoms. The Kier molecular flexibility index (Phi) is 0.970. The third-order valence-electron chi connectivity index (χ3n) is 0.728. The van der Waals surface area contributed by atoms with Gasteiger partial charge in [-0.2, -0.15) is 4.62 Å². The molecule has 2 unspecified atom stereocenters. The van der Waals surface area contributed by atoms with E-state index in [9.17, 15) is 4.57 Å². The second kappa shape index (κ2) is 1.29. The molecule has 42 valence electrons. The molecule has 0 spiro atoms. The predicted octanol–water partition coefficient (Wildman–Crippen LogP) is 0.354. The van der Waals surface area contributed by atoms with Crippen molar-refractivity contribution in [2.75, 3.05) is 6.54 Å². The van der Waals surface area contributed by atoms with Crippen LogP contribution in [0.3, 0.4) is 0 Å². The van der Waals surface area contributed by atoms with Crippen molar-refractivity contribution in [1.82, 2.24) is 4.83 Å². The van der Waals surface area contributed by atoms with E-state index in [-0.39, 0.29) is 0 Å². The summed E-state index contributed by atoms with van der Waals surface area (Å²) in [6.45, 7) is 2.23. The average Bonchev–Trinajstić information content (AvgIpc) is 2.13. The van der Waals surface area contributed by atoms with Crippen LogP contribution in [-0.2, 0) is 9.19 Å². The fourth-order valence-corrected chi connectivity index (χ4v) is 1.22. The lowest BCUT2D eigenvalue weighted by Crippen LogP contribution is -1.88. The van der Waals surface area contributed by atoms with Crippen molar-refractivity contribution < 1.29 is 14.1 Å². The Morgan fingerprint density at radius 2 is 2.43 bits per heavy atom. The van der Waals surface area contributed by atoms with Gasteiger partial charge in [0.2, 0.25) is 0 Å². The van der Waals surface area contributed by atoms with Crippen LogP contribution in [-0.4, -0.2) is 16.3 Å². The van der Waals surface area contributed by atoms with Gasteiger partial charge >= 0.3 is 7.75 Å². The van der Waals surface area contributed by atoms with Crippen LogP contribution >= 0.6 is 7.75 Å². The van der Waals surface area contributed by atoms with Crippen LogP contribution in [0.25, 0.3) is 0 Å². The Morgan fingerprint density at radius 1 is 2.00 bits per heavy atom. The number of hydroxylamine groups is 1. The monoisotopic (exact) mass is 123 g/mol. The van der Waals surface area contributed by atoms with Crippen LogP contribution in [0.2, 0.25) is 0 Å². The lowest BCUT2D eigenvalue weighted by Gasteiger charge is -1.77. The largest absolute Gasteiger partial charge is 0.446 e. The zero-order valence-electron chi connectivity index (χ0n) is 3.87. The summed E-state index contributed by atoms with van der Waals surface area (Å²) in [5.41, 5.74) is 0. The molecule has 0 aromatic carbocycles. The molecule has 1 saturated heterocycles. The molecule has 0 amide bonds. The first-order valence-electron chi connectivity index (χ1n) is 1.97.